The van der Waals surface area contributed by atoms with Crippen LogP contribution in [0.15, 0.2) is 23.7 Å². The van der Waals surface area contributed by atoms with E-state index < -0.39 is 7.12 Å². The number of benzene rings is 1. The highest BCUT2D eigenvalue weighted by Crippen LogP contribution is 2.39. The van der Waals surface area contributed by atoms with Gasteiger partial charge in [-0.15, -0.1) is 0 Å². The van der Waals surface area contributed by atoms with Crippen LogP contribution in [-0.2, 0) is 9.31 Å². The SMILES string of the molecule is CNCC(=Cc1ccc(OC)cc1N)B1OC(C)(C)C(C)(C)O1. The number of nitrogens with one attached hydrogen (secondary N) is 1. The van der Waals surface area contributed by atoms with Crippen LogP contribution in [-0.4, -0.2) is 39.0 Å². The van der Waals surface area contributed by atoms with Gasteiger partial charge in [0.1, 0.15) is 5.75 Å². The second kappa shape index (κ2) is 6.55. The van der Waals surface area contributed by atoms with Crippen LogP contribution in [0.4, 0.5) is 5.69 Å². The molecule has 0 amide bonds. The van der Waals surface area contributed by atoms with Gasteiger partial charge in [0.05, 0.1) is 18.3 Å². The van der Waals surface area contributed by atoms with E-state index in [1.54, 1.807) is 7.11 Å². The Labute approximate surface area is 139 Å². The fraction of sp³-hybridized carbons (Fsp3) is 0.529. The van der Waals surface area contributed by atoms with Gasteiger partial charge < -0.3 is 25.1 Å². The molecule has 0 unspecified atom stereocenters. The average Bonchev–Trinajstić information content (AvgIpc) is 2.68. The summed E-state index contributed by atoms with van der Waals surface area (Å²) in [5, 5.41) is 3.17. The molecule has 1 aliphatic rings. The van der Waals surface area contributed by atoms with E-state index in [0.717, 1.165) is 16.8 Å². The first kappa shape index (κ1) is 17.9. The number of rotatable bonds is 5. The topological polar surface area (TPSA) is 65.7 Å². The van der Waals surface area contributed by atoms with E-state index >= 15 is 0 Å². The zero-order chi connectivity index (χ0) is 17.3. The maximum absolute atomic E-state index is 6.14. The first-order chi connectivity index (χ1) is 10.7. The summed E-state index contributed by atoms with van der Waals surface area (Å²) in [7, 11) is 3.13. The molecule has 1 aliphatic heterocycles. The molecular formula is C17H27BN2O3. The average molecular weight is 318 g/mol. The maximum atomic E-state index is 6.14. The van der Waals surface area contributed by atoms with Crippen molar-refractivity contribution < 1.29 is 14.0 Å². The van der Waals surface area contributed by atoms with E-state index in [1.165, 1.54) is 0 Å². The van der Waals surface area contributed by atoms with Crippen molar-refractivity contribution >= 4 is 18.9 Å². The fourth-order valence-electron chi connectivity index (χ4n) is 2.41. The number of nitrogens with two attached hydrogens (primary N) is 1. The van der Waals surface area contributed by atoms with E-state index in [0.29, 0.717) is 12.2 Å². The summed E-state index contributed by atoms with van der Waals surface area (Å²) >= 11 is 0. The molecule has 23 heavy (non-hydrogen) atoms. The van der Waals surface area contributed by atoms with Gasteiger partial charge in [-0.3, -0.25) is 0 Å². The predicted molar refractivity (Wildman–Crippen MR) is 95.4 cm³/mol. The predicted octanol–water partition coefficient (Wildman–Crippen LogP) is 2.51. The summed E-state index contributed by atoms with van der Waals surface area (Å²) in [6, 6.07) is 5.64. The second-order valence-electron chi connectivity index (χ2n) is 6.83. The molecule has 1 fully saturated rings. The van der Waals surface area contributed by atoms with Crippen molar-refractivity contribution in [2.24, 2.45) is 0 Å². The Morgan fingerprint density at radius 3 is 2.35 bits per heavy atom. The Morgan fingerprint density at radius 1 is 1.26 bits per heavy atom. The van der Waals surface area contributed by atoms with E-state index in [1.807, 2.05) is 59.0 Å². The van der Waals surface area contributed by atoms with Crippen molar-refractivity contribution in [1.82, 2.24) is 5.32 Å². The van der Waals surface area contributed by atoms with Gasteiger partial charge in [-0.05, 0) is 57.9 Å². The quantitative estimate of drug-likeness (QED) is 0.645. The van der Waals surface area contributed by atoms with Gasteiger partial charge in [-0.25, -0.2) is 0 Å². The number of hydrogen-bond donors (Lipinski definition) is 2. The first-order valence-electron chi connectivity index (χ1n) is 7.84. The molecule has 0 radical (unpaired) electrons. The van der Waals surface area contributed by atoms with Gasteiger partial charge in [0.25, 0.3) is 0 Å². The molecule has 1 aromatic carbocycles. The zero-order valence-corrected chi connectivity index (χ0v) is 14.9. The van der Waals surface area contributed by atoms with Crippen LogP contribution in [0.2, 0.25) is 0 Å². The van der Waals surface area contributed by atoms with Gasteiger partial charge in [0.15, 0.2) is 0 Å². The molecule has 1 heterocycles. The van der Waals surface area contributed by atoms with E-state index in [-0.39, 0.29) is 11.2 Å². The highest BCUT2D eigenvalue weighted by Gasteiger charge is 2.52. The molecule has 0 aliphatic carbocycles. The summed E-state index contributed by atoms with van der Waals surface area (Å²) in [5.41, 5.74) is 7.98. The Hall–Kier alpha value is -1.50. The van der Waals surface area contributed by atoms with Crippen LogP contribution in [0.1, 0.15) is 33.3 Å². The van der Waals surface area contributed by atoms with Crippen molar-refractivity contribution in [1.29, 1.82) is 0 Å². The number of likely N-dealkylation sites (N-methyl/N-ethyl adjacent to an activating group) is 1. The Kier molecular flexibility index (Phi) is 5.09. The largest absolute Gasteiger partial charge is 0.497 e. The summed E-state index contributed by atoms with van der Waals surface area (Å²) < 4.78 is 17.5. The Morgan fingerprint density at radius 2 is 1.87 bits per heavy atom. The molecule has 0 atom stereocenters. The molecule has 0 aromatic heterocycles. The van der Waals surface area contributed by atoms with Crippen LogP contribution in [0.25, 0.3) is 6.08 Å². The van der Waals surface area contributed by atoms with E-state index in [2.05, 4.69) is 5.32 Å². The number of anilines is 1. The lowest BCUT2D eigenvalue weighted by molar-refractivity contribution is 0.00578. The van der Waals surface area contributed by atoms with Crippen molar-refractivity contribution in [2.75, 3.05) is 26.4 Å². The molecule has 0 spiro atoms. The van der Waals surface area contributed by atoms with Crippen LogP contribution >= 0.6 is 0 Å². The lowest BCUT2D eigenvalue weighted by atomic mass is 9.77. The molecule has 1 aromatic rings. The van der Waals surface area contributed by atoms with Crippen molar-refractivity contribution in [3.05, 3.63) is 29.2 Å². The molecule has 5 nitrogen and oxygen atoms in total. The summed E-state index contributed by atoms with van der Waals surface area (Å²) in [6.45, 7) is 8.84. The van der Waals surface area contributed by atoms with Crippen molar-refractivity contribution in [3.63, 3.8) is 0 Å². The number of ether oxygens (including phenoxy) is 1. The van der Waals surface area contributed by atoms with Gasteiger partial charge in [-0.2, -0.15) is 0 Å². The number of nitrogen functional groups attached to an aromatic ring is 1. The third kappa shape index (κ3) is 3.71. The van der Waals surface area contributed by atoms with Gasteiger partial charge >= 0.3 is 7.12 Å². The zero-order valence-electron chi connectivity index (χ0n) is 14.9. The van der Waals surface area contributed by atoms with E-state index in [9.17, 15) is 0 Å². The monoisotopic (exact) mass is 318 g/mol. The van der Waals surface area contributed by atoms with Gasteiger partial charge in [0, 0.05) is 18.3 Å². The lowest BCUT2D eigenvalue weighted by Crippen LogP contribution is -2.41. The number of hydrogen-bond acceptors (Lipinski definition) is 5. The molecule has 3 N–H and O–H groups in total. The normalized spacial score (nSPS) is 19.9. The minimum Gasteiger partial charge on any atom is -0.497 e. The van der Waals surface area contributed by atoms with E-state index in [4.69, 9.17) is 19.8 Å². The van der Waals surface area contributed by atoms with Gasteiger partial charge in [-0.1, -0.05) is 6.08 Å². The third-order valence-corrected chi connectivity index (χ3v) is 4.57. The fourth-order valence-corrected chi connectivity index (χ4v) is 2.41. The standard InChI is InChI=1S/C17H27BN2O3/c1-16(2)17(3,4)23-18(22-16)13(11-20-5)9-12-7-8-14(21-6)10-15(12)19/h7-10,20H,11,19H2,1-6H3. The molecular weight excluding hydrogens is 291 g/mol. The molecule has 126 valence electrons. The molecule has 6 heteroatoms. The molecule has 0 bridgehead atoms. The molecule has 0 saturated carbocycles. The summed E-state index contributed by atoms with van der Waals surface area (Å²) in [5.74, 6) is 0.741. The number of methoxy groups -OCH3 is 1. The summed E-state index contributed by atoms with van der Waals surface area (Å²) in [4.78, 5) is 0. The van der Waals surface area contributed by atoms with Crippen LogP contribution in [0.3, 0.4) is 0 Å². The third-order valence-electron chi connectivity index (χ3n) is 4.57. The smallest absolute Gasteiger partial charge is 0.491 e. The highest BCUT2D eigenvalue weighted by atomic mass is 16.7. The highest BCUT2D eigenvalue weighted by molar-refractivity contribution is 6.56. The van der Waals surface area contributed by atoms with Crippen molar-refractivity contribution in [3.8, 4) is 5.75 Å². The van der Waals surface area contributed by atoms with Gasteiger partial charge in [0.2, 0.25) is 0 Å². The van der Waals surface area contributed by atoms with Crippen LogP contribution < -0.4 is 15.8 Å². The summed E-state index contributed by atoms with van der Waals surface area (Å²) in [6.07, 6.45) is 2.02. The Balaban J connectivity index is 2.32. The van der Waals surface area contributed by atoms with Crippen molar-refractivity contribution in [2.45, 2.75) is 38.9 Å². The first-order valence-corrected chi connectivity index (χ1v) is 7.84. The second-order valence-corrected chi connectivity index (χ2v) is 6.83. The van der Waals surface area contributed by atoms with Crippen LogP contribution in [0, 0.1) is 0 Å². The lowest BCUT2D eigenvalue weighted by Gasteiger charge is -2.32. The molecule has 2 rings (SSSR count). The molecule has 1 saturated heterocycles. The minimum atomic E-state index is -0.394. The Bertz CT molecular complexity index is 584. The minimum absolute atomic E-state index is 0.365. The maximum Gasteiger partial charge on any atom is 0.491 e. The van der Waals surface area contributed by atoms with Crippen LogP contribution in [0.5, 0.6) is 5.75 Å².